The van der Waals surface area contributed by atoms with Crippen LogP contribution in [0.2, 0.25) is 0 Å². The Kier molecular flexibility index (Phi) is 3.82. The molecule has 2 heteroatoms. The number of nitrogens with one attached hydrogen (secondary N) is 1. The Morgan fingerprint density at radius 2 is 2.00 bits per heavy atom. The molecular formula is C12H24N2. The van der Waals surface area contributed by atoms with Crippen molar-refractivity contribution in [2.75, 3.05) is 26.2 Å². The van der Waals surface area contributed by atoms with Crippen molar-refractivity contribution in [3.63, 3.8) is 0 Å². The molecule has 0 radical (unpaired) electrons. The van der Waals surface area contributed by atoms with Gasteiger partial charge in [-0.2, -0.15) is 0 Å². The van der Waals surface area contributed by atoms with E-state index in [1.807, 2.05) is 0 Å². The molecule has 1 N–H and O–H groups in total. The van der Waals surface area contributed by atoms with Gasteiger partial charge in [0.05, 0.1) is 0 Å². The van der Waals surface area contributed by atoms with Crippen LogP contribution >= 0.6 is 0 Å². The predicted molar refractivity (Wildman–Crippen MR) is 60.5 cm³/mol. The summed E-state index contributed by atoms with van der Waals surface area (Å²) in [5.74, 6) is 1.04. The van der Waals surface area contributed by atoms with Crippen LogP contribution in [0.4, 0.5) is 0 Å². The average molecular weight is 196 g/mol. The fourth-order valence-electron chi connectivity index (χ4n) is 2.46. The maximum Gasteiger partial charge on any atom is 0.00509 e. The molecule has 2 nitrogen and oxygen atoms in total. The molecule has 0 spiro atoms. The Hall–Kier alpha value is -0.0800. The summed E-state index contributed by atoms with van der Waals surface area (Å²) in [6, 6.07) is 0.721. The third-order valence-corrected chi connectivity index (χ3v) is 3.76. The van der Waals surface area contributed by atoms with Crippen LogP contribution in [0.1, 0.15) is 39.0 Å². The standard InChI is InChI=1S/C12H24N2/c1-11-6-9-14(8-3-7-13-11)10-12-4-2-5-12/h11-13H,2-10H2,1H3. The molecule has 0 amide bonds. The summed E-state index contributed by atoms with van der Waals surface area (Å²) in [6.45, 7) is 7.53. The fourth-order valence-corrected chi connectivity index (χ4v) is 2.46. The smallest absolute Gasteiger partial charge is 0.00509 e. The number of hydrogen-bond donors (Lipinski definition) is 1. The van der Waals surface area contributed by atoms with Gasteiger partial charge in [-0.3, -0.25) is 0 Å². The van der Waals surface area contributed by atoms with Gasteiger partial charge in [0.2, 0.25) is 0 Å². The molecular weight excluding hydrogens is 172 g/mol. The van der Waals surface area contributed by atoms with E-state index in [1.54, 1.807) is 0 Å². The summed E-state index contributed by atoms with van der Waals surface area (Å²) < 4.78 is 0. The monoisotopic (exact) mass is 196 g/mol. The van der Waals surface area contributed by atoms with E-state index < -0.39 is 0 Å². The Balaban J connectivity index is 1.72. The van der Waals surface area contributed by atoms with Crippen LogP contribution < -0.4 is 5.32 Å². The number of rotatable bonds is 2. The first-order valence-corrected chi connectivity index (χ1v) is 6.30. The van der Waals surface area contributed by atoms with Gasteiger partial charge in [-0.25, -0.2) is 0 Å². The first-order chi connectivity index (χ1) is 6.84. The number of nitrogens with zero attached hydrogens (tertiary/aromatic N) is 1. The van der Waals surface area contributed by atoms with Crippen LogP contribution in [0.3, 0.4) is 0 Å². The summed E-state index contributed by atoms with van der Waals surface area (Å²) in [4.78, 5) is 2.70. The van der Waals surface area contributed by atoms with Gasteiger partial charge in [0.15, 0.2) is 0 Å². The highest BCUT2D eigenvalue weighted by Crippen LogP contribution is 2.27. The zero-order valence-corrected chi connectivity index (χ0v) is 9.47. The molecule has 0 bridgehead atoms. The van der Waals surface area contributed by atoms with E-state index in [1.165, 1.54) is 58.3 Å². The lowest BCUT2D eigenvalue weighted by molar-refractivity contribution is 0.162. The SMILES string of the molecule is CC1CCN(CC2CCC2)CCCN1. The molecule has 1 aliphatic heterocycles. The van der Waals surface area contributed by atoms with Crippen molar-refractivity contribution in [2.45, 2.75) is 45.1 Å². The summed E-state index contributed by atoms with van der Waals surface area (Å²) in [5, 5.41) is 3.56. The van der Waals surface area contributed by atoms with Crippen molar-refractivity contribution in [1.29, 1.82) is 0 Å². The molecule has 14 heavy (non-hydrogen) atoms. The van der Waals surface area contributed by atoms with E-state index in [2.05, 4.69) is 17.1 Å². The van der Waals surface area contributed by atoms with E-state index in [4.69, 9.17) is 0 Å². The zero-order chi connectivity index (χ0) is 9.80. The van der Waals surface area contributed by atoms with E-state index >= 15 is 0 Å². The van der Waals surface area contributed by atoms with Gasteiger partial charge in [0, 0.05) is 12.6 Å². The molecule has 1 aliphatic carbocycles. The first-order valence-electron chi connectivity index (χ1n) is 6.30. The Morgan fingerprint density at radius 3 is 2.71 bits per heavy atom. The fraction of sp³-hybridized carbons (Fsp3) is 1.00. The van der Waals surface area contributed by atoms with Crippen LogP contribution in [-0.2, 0) is 0 Å². The van der Waals surface area contributed by atoms with Crippen molar-refractivity contribution >= 4 is 0 Å². The topological polar surface area (TPSA) is 15.3 Å². The van der Waals surface area contributed by atoms with E-state index in [9.17, 15) is 0 Å². The molecule has 1 atom stereocenters. The lowest BCUT2D eigenvalue weighted by Gasteiger charge is -2.34. The minimum absolute atomic E-state index is 0.721. The van der Waals surface area contributed by atoms with Crippen LogP contribution in [0.5, 0.6) is 0 Å². The van der Waals surface area contributed by atoms with Gasteiger partial charge in [-0.15, -0.1) is 0 Å². The molecule has 0 aromatic heterocycles. The summed E-state index contributed by atoms with van der Waals surface area (Å²) >= 11 is 0. The molecule has 1 saturated heterocycles. The predicted octanol–water partition coefficient (Wildman–Crippen LogP) is 1.86. The summed E-state index contributed by atoms with van der Waals surface area (Å²) in [5.41, 5.74) is 0. The molecule has 1 saturated carbocycles. The molecule has 1 heterocycles. The molecule has 2 fully saturated rings. The Morgan fingerprint density at radius 1 is 1.14 bits per heavy atom. The quantitative estimate of drug-likeness (QED) is 0.725. The van der Waals surface area contributed by atoms with Crippen molar-refractivity contribution in [3.05, 3.63) is 0 Å². The van der Waals surface area contributed by atoms with Crippen LogP contribution in [0.25, 0.3) is 0 Å². The third kappa shape index (κ3) is 2.96. The van der Waals surface area contributed by atoms with Gasteiger partial charge in [-0.1, -0.05) is 6.42 Å². The van der Waals surface area contributed by atoms with Crippen LogP contribution in [0.15, 0.2) is 0 Å². The van der Waals surface area contributed by atoms with E-state index in [-0.39, 0.29) is 0 Å². The lowest BCUT2D eigenvalue weighted by Crippen LogP contribution is -2.41. The molecule has 2 aliphatic rings. The van der Waals surface area contributed by atoms with Gasteiger partial charge in [0.1, 0.15) is 0 Å². The van der Waals surface area contributed by atoms with Gasteiger partial charge < -0.3 is 10.2 Å². The molecule has 0 aromatic rings. The maximum absolute atomic E-state index is 3.56. The number of hydrogen-bond acceptors (Lipinski definition) is 2. The second-order valence-electron chi connectivity index (χ2n) is 5.09. The molecule has 2 rings (SSSR count). The Bertz CT molecular complexity index is 166. The maximum atomic E-state index is 3.56. The van der Waals surface area contributed by atoms with Gasteiger partial charge in [0.25, 0.3) is 0 Å². The molecule has 82 valence electrons. The van der Waals surface area contributed by atoms with Crippen molar-refractivity contribution < 1.29 is 0 Å². The second-order valence-corrected chi connectivity index (χ2v) is 5.09. The highest BCUT2D eigenvalue weighted by Gasteiger charge is 2.21. The third-order valence-electron chi connectivity index (χ3n) is 3.76. The second kappa shape index (κ2) is 5.13. The van der Waals surface area contributed by atoms with E-state index in [0.717, 1.165) is 12.0 Å². The Labute approximate surface area is 88.1 Å². The van der Waals surface area contributed by atoms with E-state index in [0.29, 0.717) is 0 Å². The van der Waals surface area contributed by atoms with Crippen molar-refractivity contribution in [2.24, 2.45) is 5.92 Å². The zero-order valence-electron chi connectivity index (χ0n) is 9.47. The normalized spacial score (nSPS) is 31.9. The van der Waals surface area contributed by atoms with Crippen molar-refractivity contribution in [1.82, 2.24) is 10.2 Å². The average Bonchev–Trinajstić information content (AvgIpc) is 2.08. The minimum atomic E-state index is 0.721. The largest absolute Gasteiger partial charge is 0.314 e. The van der Waals surface area contributed by atoms with Gasteiger partial charge >= 0.3 is 0 Å². The minimum Gasteiger partial charge on any atom is -0.314 e. The van der Waals surface area contributed by atoms with Crippen LogP contribution in [0, 0.1) is 5.92 Å². The lowest BCUT2D eigenvalue weighted by atomic mass is 9.85. The summed E-state index contributed by atoms with van der Waals surface area (Å²) in [7, 11) is 0. The highest BCUT2D eigenvalue weighted by molar-refractivity contribution is 4.76. The highest BCUT2D eigenvalue weighted by atomic mass is 15.1. The van der Waals surface area contributed by atoms with Crippen molar-refractivity contribution in [3.8, 4) is 0 Å². The summed E-state index contributed by atoms with van der Waals surface area (Å²) in [6.07, 6.45) is 7.12. The molecule has 1 unspecified atom stereocenters. The van der Waals surface area contributed by atoms with Crippen LogP contribution in [-0.4, -0.2) is 37.1 Å². The first kappa shape index (κ1) is 10.4. The van der Waals surface area contributed by atoms with Gasteiger partial charge in [-0.05, 0) is 58.2 Å². The molecule has 0 aromatic carbocycles.